The van der Waals surface area contributed by atoms with Crippen LogP contribution >= 0.6 is 0 Å². The van der Waals surface area contributed by atoms with Crippen LogP contribution in [0.15, 0.2) is 0 Å². The van der Waals surface area contributed by atoms with Crippen molar-refractivity contribution in [3.63, 3.8) is 0 Å². The zero-order valence-corrected chi connectivity index (χ0v) is 19.2. The van der Waals surface area contributed by atoms with Crippen molar-refractivity contribution >= 4 is 0 Å². The smallest absolute Gasteiger partial charge is 0.00355 e. The SMILES string of the molecule is CC(C)C(C)CCN(C)C(C)C.CC(C)C(C)CCN(C)C(C)C. The topological polar surface area (TPSA) is 6.48 Å². The Kier molecular flexibility index (Phi) is 15.4. The van der Waals surface area contributed by atoms with E-state index in [1.165, 1.54) is 25.9 Å². The lowest BCUT2D eigenvalue weighted by Gasteiger charge is -2.24. The highest BCUT2D eigenvalue weighted by Gasteiger charge is 2.10. The number of hydrogen-bond acceptors (Lipinski definition) is 2. The lowest BCUT2D eigenvalue weighted by Crippen LogP contribution is -2.28. The van der Waals surface area contributed by atoms with Gasteiger partial charge in [-0.1, -0.05) is 41.5 Å². The molecule has 0 saturated carbocycles. The summed E-state index contributed by atoms with van der Waals surface area (Å²) in [4.78, 5) is 4.83. The molecule has 0 aliphatic carbocycles. The van der Waals surface area contributed by atoms with Crippen LogP contribution < -0.4 is 0 Å². The maximum atomic E-state index is 2.42. The summed E-state index contributed by atoms with van der Waals surface area (Å²) in [5.74, 6) is 3.36. The molecule has 0 aromatic heterocycles. The van der Waals surface area contributed by atoms with Crippen molar-refractivity contribution in [2.45, 2.75) is 94.2 Å². The van der Waals surface area contributed by atoms with Gasteiger partial charge in [0, 0.05) is 12.1 Å². The maximum Gasteiger partial charge on any atom is 0.00355 e. The van der Waals surface area contributed by atoms with Crippen molar-refractivity contribution in [1.82, 2.24) is 9.80 Å². The summed E-state index contributed by atoms with van der Waals surface area (Å²) < 4.78 is 0. The average Bonchev–Trinajstić information content (AvgIpc) is 2.49. The molecule has 2 heteroatoms. The monoisotopic (exact) mass is 342 g/mol. The van der Waals surface area contributed by atoms with Gasteiger partial charge in [-0.3, -0.25) is 0 Å². The van der Waals surface area contributed by atoms with E-state index < -0.39 is 0 Å². The Morgan fingerprint density at radius 2 is 0.750 bits per heavy atom. The summed E-state index contributed by atoms with van der Waals surface area (Å²) in [5.41, 5.74) is 0. The predicted molar refractivity (Wildman–Crippen MR) is 113 cm³/mol. The molecule has 0 aromatic carbocycles. The van der Waals surface area contributed by atoms with Crippen molar-refractivity contribution in [3.05, 3.63) is 0 Å². The Morgan fingerprint density at radius 3 is 0.917 bits per heavy atom. The molecule has 2 nitrogen and oxygen atoms in total. The molecule has 0 fully saturated rings. The minimum absolute atomic E-state index is 0.685. The van der Waals surface area contributed by atoms with Crippen molar-refractivity contribution in [1.29, 1.82) is 0 Å². The summed E-state index contributed by atoms with van der Waals surface area (Å²) in [6.07, 6.45) is 2.65. The molecular formula is C22H50N2. The van der Waals surface area contributed by atoms with Gasteiger partial charge >= 0.3 is 0 Å². The van der Waals surface area contributed by atoms with Crippen LogP contribution in [-0.4, -0.2) is 49.1 Å². The Hall–Kier alpha value is -0.0800. The minimum atomic E-state index is 0.685. The van der Waals surface area contributed by atoms with Gasteiger partial charge < -0.3 is 9.80 Å². The fraction of sp³-hybridized carbons (Fsp3) is 1.00. The van der Waals surface area contributed by atoms with Gasteiger partial charge in [-0.25, -0.2) is 0 Å². The van der Waals surface area contributed by atoms with E-state index in [1.807, 2.05) is 0 Å². The second-order valence-electron chi connectivity index (χ2n) is 9.17. The first-order valence-corrected chi connectivity index (χ1v) is 10.3. The van der Waals surface area contributed by atoms with Crippen LogP contribution in [0.4, 0.5) is 0 Å². The molecule has 2 unspecified atom stereocenters. The Bertz CT molecular complexity index is 215. The van der Waals surface area contributed by atoms with Crippen LogP contribution in [0.25, 0.3) is 0 Å². The predicted octanol–water partition coefficient (Wildman–Crippen LogP) is 6.02. The first kappa shape index (κ1) is 26.2. The third kappa shape index (κ3) is 14.3. The van der Waals surface area contributed by atoms with E-state index in [-0.39, 0.29) is 0 Å². The Morgan fingerprint density at radius 1 is 0.500 bits per heavy atom. The molecule has 0 aliphatic rings. The molecule has 0 aliphatic heterocycles. The summed E-state index contributed by atoms with van der Waals surface area (Å²) >= 11 is 0. The van der Waals surface area contributed by atoms with Gasteiger partial charge in [0.25, 0.3) is 0 Å². The molecule has 148 valence electrons. The largest absolute Gasteiger partial charge is 0.304 e. The highest BCUT2D eigenvalue weighted by atomic mass is 15.1. The molecule has 0 saturated heterocycles. The average molecular weight is 343 g/mol. The van der Waals surface area contributed by atoms with Crippen LogP contribution in [0.2, 0.25) is 0 Å². The van der Waals surface area contributed by atoms with Crippen LogP contribution in [0.1, 0.15) is 82.1 Å². The zero-order valence-electron chi connectivity index (χ0n) is 19.2. The molecular weight excluding hydrogens is 292 g/mol. The summed E-state index contributed by atoms with van der Waals surface area (Å²) in [6.45, 7) is 25.4. The number of nitrogens with zero attached hydrogens (tertiary/aromatic N) is 2. The van der Waals surface area contributed by atoms with Crippen LogP contribution in [0.5, 0.6) is 0 Å². The molecule has 0 amide bonds. The van der Waals surface area contributed by atoms with E-state index >= 15 is 0 Å². The summed E-state index contributed by atoms with van der Waals surface area (Å²) in [5, 5.41) is 0. The van der Waals surface area contributed by atoms with Crippen LogP contribution in [0.3, 0.4) is 0 Å². The molecule has 0 heterocycles. The molecule has 0 aromatic rings. The van der Waals surface area contributed by atoms with E-state index in [0.717, 1.165) is 23.7 Å². The number of hydrogen-bond donors (Lipinski definition) is 0. The molecule has 0 radical (unpaired) electrons. The van der Waals surface area contributed by atoms with Crippen LogP contribution in [0, 0.1) is 23.7 Å². The molecule has 24 heavy (non-hydrogen) atoms. The third-order valence-corrected chi connectivity index (χ3v) is 5.91. The quantitative estimate of drug-likeness (QED) is 0.479. The van der Waals surface area contributed by atoms with Gasteiger partial charge in [0.15, 0.2) is 0 Å². The van der Waals surface area contributed by atoms with E-state index in [4.69, 9.17) is 0 Å². The normalized spacial score (nSPS) is 14.8. The van der Waals surface area contributed by atoms with Crippen molar-refractivity contribution < 1.29 is 0 Å². The van der Waals surface area contributed by atoms with Gasteiger partial charge in [0.05, 0.1) is 0 Å². The first-order valence-electron chi connectivity index (χ1n) is 10.3. The lowest BCUT2D eigenvalue weighted by atomic mass is 9.94. The highest BCUT2D eigenvalue weighted by molar-refractivity contribution is 4.63. The highest BCUT2D eigenvalue weighted by Crippen LogP contribution is 2.15. The van der Waals surface area contributed by atoms with E-state index in [9.17, 15) is 0 Å². The van der Waals surface area contributed by atoms with Crippen molar-refractivity contribution in [3.8, 4) is 0 Å². The maximum absolute atomic E-state index is 2.42. The number of rotatable bonds is 10. The van der Waals surface area contributed by atoms with Gasteiger partial charge in [0.1, 0.15) is 0 Å². The lowest BCUT2D eigenvalue weighted by molar-refractivity contribution is 0.239. The third-order valence-electron chi connectivity index (χ3n) is 5.91. The standard InChI is InChI=1S/2C11H25N/c2*1-9(2)11(5)7-8-12(6)10(3)4/h2*9-11H,7-8H2,1-6H3. The summed E-state index contributed by atoms with van der Waals surface area (Å²) in [7, 11) is 4.41. The summed E-state index contributed by atoms with van der Waals surface area (Å²) in [6, 6.07) is 1.37. The van der Waals surface area contributed by atoms with Gasteiger partial charge in [0.2, 0.25) is 0 Å². The van der Waals surface area contributed by atoms with Crippen molar-refractivity contribution in [2.24, 2.45) is 23.7 Å². The van der Waals surface area contributed by atoms with Gasteiger partial charge in [-0.05, 0) is 91.4 Å². The van der Waals surface area contributed by atoms with Crippen LogP contribution in [-0.2, 0) is 0 Å². The van der Waals surface area contributed by atoms with E-state index in [2.05, 4.69) is 93.1 Å². The molecule has 0 bridgehead atoms. The molecule has 2 atom stereocenters. The van der Waals surface area contributed by atoms with Gasteiger partial charge in [-0.2, -0.15) is 0 Å². The minimum Gasteiger partial charge on any atom is -0.304 e. The second kappa shape index (κ2) is 14.1. The van der Waals surface area contributed by atoms with E-state index in [1.54, 1.807) is 0 Å². The zero-order chi connectivity index (χ0) is 19.4. The van der Waals surface area contributed by atoms with Gasteiger partial charge in [-0.15, -0.1) is 0 Å². The first-order chi connectivity index (χ1) is 10.9. The fourth-order valence-corrected chi connectivity index (χ4v) is 2.00. The molecule has 0 N–H and O–H groups in total. The Balaban J connectivity index is 0. The molecule has 0 spiro atoms. The molecule has 0 rings (SSSR count). The van der Waals surface area contributed by atoms with E-state index in [0.29, 0.717) is 12.1 Å². The fourth-order valence-electron chi connectivity index (χ4n) is 2.00. The Labute approximate surface area is 155 Å². The second-order valence-corrected chi connectivity index (χ2v) is 9.17. The van der Waals surface area contributed by atoms with Crippen molar-refractivity contribution in [2.75, 3.05) is 27.2 Å².